The third kappa shape index (κ3) is 3.85. The summed E-state index contributed by atoms with van der Waals surface area (Å²) in [6.45, 7) is -0.637. The van der Waals surface area contributed by atoms with E-state index in [2.05, 4.69) is 0 Å². The number of carbonyl (C=O) groups is 1. The first-order valence-corrected chi connectivity index (χ1v) is 8.56. The molecular formula is C16H15F2NO6S. The van der Waals surface area contributed by atoms with Gasteiger partial charge < -0.3 is 14.6 Å². The molecule has 0 aliphatic heterocycles. The first-order chi connectivity index (χ1) is 12.2. The van der Waals surface area contributed by atoms with Crippen LogP contribution in [0.4, 0.5) is 13.6 Å². The number of sulfonamides is 1. The van der Waals surface area contributed by atoms with Crippen molar-refractivity contribution in [2.75, 3.05) is 14.2 Å². The lowest BCUT2D eigenvalue weighted by Gasteiger charge is -2.21. The van der Waals surface area contributed by atoms with Gasteiger partial charge in [-0.2, -0.15) is 4.31 Å². The molecule has 26 heavy (non-hydrogen) atoms. The second kappa shape index (κ2) is 7.56. The number of rotatable bonds is 6. The highest BCUT2D eigenvalue weighted by atomic mass is 32.2. The standard InChI is InChI=1S/C16H15F2NO6S/c1-24-12-5-3-10(14(8-12)25-2)9-19(16(20)21)26(22,23)15-6-4-11(17)7-13(15)18/h3-8H,9H2,1-2H3,(H,20,21). The molecule has 2 aromatic rings. The van der Waals surface area contributed by atoms with Crippen molar-refractivity contribution in [2.24, 2.45) is 0 Å². The third-order valence-electron chi connectivity index (χ3n) is 3.48. The molecule has 2 aromatic carbocycles. The Bertz CT molecular complexity index is 932. The Kier molecular flexibility index (Phi) is 5.66. The maximum Gasteiger partial charge on any atom is 0.421 e. The SMILES string of the molecule is COc1ccc(CN(C(=O)O)S(=O)(=O)c2ccc(F)cc2F)c(OC)c1. The van der Waals surface area contributed by atoms with Crippen LogP contribution >= 0.6 is 0 Å². The van der Waals surface area contributed by atoms with Crippen LogP contribution in [0.15, 0.2) is 41.3 Å². The maximum absolute atomic E-state index is 13.9. The molecular weight excluding hydrogens is 372 g/mol. The van der Waals surface area contributed by atoms with Gasteiger partial charge in [0.2, 0.25) is 0 Å². The van der Waals surface area contributed by atoms with Crippen LogP contribution in [0.25, 0.3) is 0 Å². The molecule has 1 N–H and O–H groups in total. The summed E-state index contributed by atoms with van der Waals surface area (Å²) in [4.78, 5) is 10.6. The smallest absolute Gasteiger partial charge is 0.421 e. The Labute approximate surface area is 148 Å². The van der Waals surface area contributed by atoms with Gasteiger partial charge in [-0.15, -0.1) is 0 Å². The van der Waals surface area contributed by atoms with Crippen molar-refractivity contribution in [3.63, 3.8) is 0 Å². The van der Waals surface area contributed by atoms with Crippen molar-refractivity contribution in [1.29, 1.82) is 0 Å². The van der Waals surface area contributed by atoms with Crippen LogP contribution in [0, 0.1) is 11.6 Å². The summed E-state index contributed by atoms with van der Waals surface area (Å²) in [6.07, 6.45) is -1.83. The molecule has 0 radical (unpaired) electrons. The van der Waals surface area contributed by atoms with E-state index >= 15 is 0 Å². The summed E-state index contributed by atoms with van der Waals surface area (Å²) in [5, 5.41) is 9.33. The number of benzene rings is 2. The largest absolute Gasteiger partial charge is 0.497 e. The number of methoxy groups -OCH3 is 2. The summed E-state index contributed by atoms with van der Waals surface area (Å²) in [6, 6.07) is 6.11. The zero-order valence-corrected chi connectivity index (χ0v) is 14.6. The van der Waals surface area contributed by atoms with E-state index < -0.39 is 39.2 Å². The van der Waals surface area contributed by atoms with E-state index in [1.807, 2.05) is 0 Å². The quantitative estimate of drug-likeness (QED) is 0.819. The lowest BCUT2D eigenvalue weighted by molar-refractivity contribution is 0.170. The van der Waals surface area contributed by atoms with Gasteiger partial charge in [-0.1, -0.05) is 0 Å². The molecule has 10 heteroatoms. The summed E-state index contributed by atoms with van der Waals surface area (Å²) in [5.74, 6) is -1.77. The number of ether oxygens (including phenoxy) is 2. The normalized spacial score (nSPS) is 11.1. The zero-order chi connectivity index (χ0) is 19.5. The topological polar surface area (TPSA) is 93.1 Å². The molecule has 140 valence electrons. The van der Waals surface area contributed by atoms with Gasteiger partial charge in [-0.3, -0.25) is 0 Å². The van der Waals surface area contributed by atoms with Crippen LogP contribution in [0.2, 0.25) is 0 Å². The van der Waals surface area contributed by atoms with E-state index in [1.165, 1.54) is 32.4 Å². The van der Waals surface area contributed by atoms with Gasteiger partial charge in [-0.05, 0) is 24.3 Å². The number of halogens is 2. The molecule has 1 amide bonds. The minimum atomic E-state index is -4.78. The molecule has 0 saturated heterocycles. The third-order valence-corrected chi connectivity index (χ3v) is 5.24. The lowest BCUT2D eigenvalue weighted by atomic mass is 10.2. The number of carboxylic acid groups (broad SMARTS) is 1. The van der Waals surface area contributed by atoms with Crippen molar-refractivity contribution < 1.29 is 36.6 Å². The average molecular weight is 387 g/mol. The highest BCUT2D eigenvalue weighted by Gasteiger charge is 2.32. The molecule has 0 aliphatic rings. The van der Waals surface area contributed by atoms with Gasteiger partial charge in [0, 0.05) is 17.7 Å². The number of hydrogen-bond donors (Lipinski definition) is 1. The summed E-state index contributed by atoms with van der Waals surface area (Å²) in [7, 11) is -2.05. The molecule has 0 heterocycles. The van der Waals surface area contributed by atoms with Crippen LogP contribution < -0.4 is 9.47 Å². The first-order valence-electron chi connectivity index (χ1n) is 7.12. The number of amides is 1. The molecule has 7 nitrogen and oxygen atoms in total. The fraction of sp³-hybridized carbons (Fsp3) is 0.188. The van der Waals surface area contributed by atoms with Gasteiger partial charge >= 0.3 is 6.09 Å². The Hall–Kier alpha value is -2.88. The predicted octanol–water partition coefficient (Wildman–Crippen LogP) is 2.85. The Morgan fingerprint density at radius 3 is 2.35 bits per heavy atom. The van der Waals surface area contributed by atoms with Gasteiger partial charge in [-0.25, -0.2) is 22.0 Å². The zero-order valence-electron chi connectivity index (χ0n) is 13.8. The molecule has 0 fully saturated rings. The average Bonchev–Trinajstić information content (AvgIpc) is 2.58. The van der Waals surface area contributed by atoms with Gasteiger partial charge in [0.1, 0.15) is 28.0 Å². The maximum atomic E-state index is 13.9. The van der Waals surface area contributed by atoms with Crippen LogP contribution in [0.3, 0.4) is 0 Å². The molecule has 0 saturated carbocycles. The van der Waals surface area contributed by atoms with E-state index in [1.54, 1.807) is 0 Å². The van der Waals surface area contributed by atoms with Gasteiger partial charge in [0.05, 0.1) is 20.8 Å². The second-order valence-corrected chi connectivity index (χ2v) is 6.88. The van der Waals surface area contributed by atoms with E-state index in [9.17, 15) is 27.1 Å². The summed E-state index contributed by atoms with van der Waals surface area (Å²) >= 11 is 0. The molecule has 2 rings (SSSR count). The van der Waals surface area contributed by atoms with Crippen molar-refractivity contribution in [3.05, 3.63) is 53.6 Å². The Morgan fingerprint density at radius 2 is 1.81 bits per heavy atom. The highest BCUT2D eigenvalue weighted by Crippen LogP contribution is 2.28. The van der Waals surface area contributed by atoms with Gasteiger partial charge in [0.15, 0.2) is 0 Å². The molecule has 0 aliphatic carbocycles. The first kappa shape index (κ1) is 19.4. The van der Waals surface area contributed by atoms with Crippen molar-refractivity contribution in [1.82, 2.24) is 4.31 Å². The monoisotopic (exact) mass is 387 g/mol. The van der Waals surface area contributed by atoms with E-state index in [-0.39, 0.29) is 15.6 Å². The van der Waals surface area contributed by atoms with Crippen LogP contribution in [-0.2, 0) is 16.6 Å². The lowest BCUT2D eigenvalue weighted by Crippen LogP contribution is -2.35. The molecule has 0 aromatic heterocycles. The molecule has 0 bridgehead atoms. The predicted molar refractivity (Wildman–Crippen MR) is 86.7 cm³/mol. The van der Waals surface area contributed by atoms with E-state index in [0.29, 0.717) is 17.9 Å². The van der Waals surface area contributed by atoms with Crippen LogP contribution in [-0.4, -0.2) is 38.1 Å². The van der Waals surface area contributed by atoms with Gasteiger partial charge in [0.25, 0.3) is 10.0 Å². The summed E-state index contributed by atoms with van der Waals surface area (Å²) < 4.78 is 62.2. The van der Waals surface area contributed by atoms with E-state index in [4.69, 9.17) is 9.47 Å². The second-order valence-electron chi connectivity index (χ2n) is 5.05. The van der Waals surface area contributed by atoms with Crippen LogP contribution in [0.1, 0.15) is 5.56 Å². The van der Waals surface area contributed by atoms with Crippen molar-refractivity contribution in [3.8, 4) is 11.5 Å². The molecule has 0 unspecified atom stereocenters. The summed E-state index contributed by atoms with van der Waals surface area (Å²) in [5.41, 5.74) is 0.210. The Morgan fingerprint density at radius 1 is 1.12 bits per heavy atom. The number of hydrogen-bond acceptors (Lipinski definition) is 5. The number of nitrogens with zero attached hydrogens (tertiary/aromatic N) is 1. The minimum Gasteiger partial charge on any atom is -0.497 e. The Balaban J connectivity index is 2.48. The van der Waals surface area contributed by atoms with Crippen LogP contribution in [0.5, 0.6) is 11.5 Å². The highest BCUT2D eigenvalue weighted by molar-refractivity contribution is 7.89. The van der Waals surface area contributed by atoms with Crippen molar-refractivity contribution in [2.45, 2.75) is 11.4 Å². The molecule has 0 spiro atoms. The fourth-order valence-corrected chi connectivity index (χ4v) is 3.49. The van der Waals surface area contributed by atoms with E-state index in [0.717, 1.165) is 6.07 Å². The molecule has 0 atom stereocenters. The fourth-order valence-electron chi connectivity index (χ4n) is 2.20. The minimum absolute atomic E-state index is 0.0493. The van der Waals surface area contributed by atoms with Crippen molar-refractivity contribution >= 4 is 16.1 Å².